The quantitative estimate of drug-likeness (QED) is 0.813. The minimum atomic E-state index is 0.640. The fourth-order valence-corrected chi connectivity index (χ4v) is 2.83. The summed E-state index contributed by atoms with van der Waals surface area (Å²) in [6, 6.07) is 7.47. The summed E-state index contributed by atoms with van der Waals surface area (Å²) in [7, 11) is 2.18. The highest BCUT2D eigenvalue weighted by molar-refractivity contribution is 5.65. The van der Waals surface area contributed by atoms with Crippen molar-refractivity contribution in [3.05, 3.63) is 23.8 Å². The first-order valence-electron chi connectivity index (χ1n) is 6.64. The molecular weight excluding hydrogens is 210 g/mol. The monoisotopic (exact) mass is 231 g/mol. The van der Waals surface area contributed by atoms with Gasteiger partial charge in [0.15, 0.2) is 0 Å². The molecule has 3 rings (SSSR count). The third kappa shape index (κ3) is 2.25. The number of nitrogens with zero attached hydrogens (tertiary/aromatic N) is 1. The van der Waals surface area contributed by atoms with Crippen molar-refractivity contribution in [3.8, 4) is 0 Å². The van der Waals surface area contributed by atoms with Crippen molar-refractivity contribution in [2.75, 3.05) is 36.9 Å². The summed E-state index contributed by atoms with van der Waals surface area (Å²) in [5, 5.41) is 7.07. The van der Waals surface area contributed by atoms with Gasteiger partial charge in [-0.25, -0.2) is 0 Å². The van der Waals surface area contributed by atoms with Crippen LogP contribution in [0.2, 0.25) is 0 Å². The Labute approximate surface area is 103 Å². The summed E-state index contributed by atoms with van der Waals surface area (Å²) in [4.78, 5) is 2.35. The lowest BCUT2D eigenvalue weighted by Gasteiger charge is -2.25. The van der Waals surface area contributed by atoms with E-state index in [1.54, 1.807) is 0 Å². The van der Waals surface area contributed by atoms with Crippen molar-refractivity contribution < 1.29 is 0 Å². The molecule has 0 atom stereocenters. The van der Waals surface area contributed by atoms with Crippen LogP contribution in [0.5, 0.6) is 0 Å². The molecule has 0 spiro atoms. The Balaban J connectivity index is 1.73. The van der Waals surface area contributed by atoms with Crippen LogP contribution in [0.1, 0.15) is 18.4 Å². The predicted octanol–water partition coefficient (Wildman–Crippen LogP) is 1.84. The number of benzene rings is 1. The molecule has 0 aromatic heterocycles. The smallest absolute Gasteiger partial charge is 0.0417 e. The van der Waals surface area contributed by atoms with Gasteiger partial charge in [0, 0.05) is 31.0 Å². The Morgan fingerprint density at radius 3 is 2.94 bits per heavy atom. The molecule has 0 aliphatic carbocycles. The second-order valence-electron chi connectivity index (χ2n) is 5.18. The molecule has 1 fully saturated rings. The van der Waals surface area contributed by atoms with Gasteiger partial charge in [-0.1, -0.05) is 6.07 Å². The van der Waals surface area contributed by atoms with Gasteiger partial charge in [-0.05, 0) is 50.0 Å². The van der Waals surface area contributed by atoms with E-state index in [4.69, 9.17) is 0 Å². The maximum absolute atomic E-state index is 3.66. The van der Waals surface area contributed by atoms with Crippen molar-refractivity contribution in [2.24, 2.45) is 0 Å². The van der Waals surface area contributed by atoms with Crippen LogP contribution in [0.4, 0.5) is 11.4 Å². The number of likely N-dealkylation sites (N-methyl/N-ethyl adjacent to an activating group) is 1. The lowest BCUT2D eigenvalue weighted by molar-refractivity contribution is 0.479. The Kier molecular flexibility index (Phi) is 2.93. The van der Waals surface area contributed by atoms with Crippen molar-refractivity contribution >= 4 is 11.4 Å². The van der Waals surface area contributed by atoms with Crippen LogP contribution < -0.4 is 15.5 Å². The van der Waals surface area contributed by atoms with E-state index in [0.29, 0.717) is 6.04 Å². The Bertz CT molecular complexity index is 396. The van der Waals surface area contributed by atoms with Crippen LogP contribution >= 0.6 is 0 Å². The maximum atomic E-state index is 3.66. The summed E-state index contributed by atoms with van der Waals surface area (Å²) < 4.78 is 0. The number of anilines is 2. The molecule has 0 radical (unpaired) electrons. The molecule has 1 aromatic rings. The van der Waals surface area contributed by atoms with Crippen LogP contribution in [-0.4, -0.2) is 32.7 Å². The topological polar surface area (TPSA) is 27.3 Å². The Morgan fingerprint density at radius 1 is 1.29 bits per heavy atom. The Hall–Kier alpha value is -1.22. The van der Waals surface area contributed by atoms with Gasteiger partial charge in [-0.2, -0.15) is 0 Å². The lowest BCUT2D eigenvalue weighted by Crippen LogP contribution is -2.35. The third-order valence-electron chi connectivity index (χ3n) is 3.92. The van der Waals surface area contributed by atoms with Gasteiger partial charge in [0.25, 0.3) is 0 Å². The van der Waals surface area contributed by atoms with Crippen molar-refractivity contribution in [3.63, 3.8) is 0 Å². The standard InChI is InChI=1S/C14H21N3/c1-17-9-6-11-2-3-13(10-14(11)17)16-12-4-7-15-8-5-12/h2-3,10,12,15-16H,4-9H2,1H3. The average Bonchev–Trinajstić information content (AvgIpc) is 2.73. The number of piperidine rings is 1. The molecule has 3 nitrogen and oxygen atoms in total. The third-order valence-corrected chi connectivity index (χ3v) is 3.92. The summed E-state index contributed by atoms with van der Waals surface area (Å²) in [6.07, 6.45) is 3.65. The minimum absolute atomic E-state index is 0.640. The second-order valence-corrected chi connectivity index (χ2v) is 5.18. The molecule has 0 unspecified atom stereocenters. The average molecular weight is 231 g/mol. The lowest BCUT2D eigenvalue weighted by atomic mass is 10.1. The molecule has 1 aromatic carbocycles. The van der Waals surface area contributed by atoms with Crippen molar-refractivity contribution in [2.45, 2.75) is 25.3 Å². The van der Waals surface area contributed by atoms with E-state index < -0.39 is 0 Å². The zero-order chi connectivity index (χ0) is 11.7. The summed E-state index contributed by atoms with van der Waals surface area (Å²) >= 11 is 0. The molecule has 2 aliphatic heterocycles. The zero-order valence-corrected chi connectivity index (χ0v) is 10.5. The van der Waals surface area contributed by atoms with Crippen LogP contribution in [-0.2, 0) is 6.42 Å². The van der Waals surface area contributed by atoms with Crippen LogP contribution in [0, 0.1) is 0 Å². The fourth-order valence-electron chi connectivity index (χ4n) is 2.83. The normalized spacial score (nSPS) is 20.4. The van der Waals surface area contributed by atoms with Crippen LogP contribution in [0.15, 0.2) is 18.2 Å². The zero-order valence-electron chi connectivity index (χ0n) is 10.5. The number of hydrogen-bond acceptors (Lipinski definition) is 3. The van der Waals surface area contributed by atoms with E-state index in [9.17, 15) is 0 Å². The molecular formula is C14H21N3. The first-order chi connectivity index (χ1) is 8.33. The van der Waals surface area contributed by atoms with E-state index >= 15 is 0 Å². The molecule has 17 heavy (non-hydrogen) atoms. The summed E-state index contributed by atoms with van der Waals surface area (Å²) in [5.74, 6) is 0. The number of hydrogen-bond donors (Lipinski definition) is 2. The van der Waals surface area contributed by atoms with Gasteiger partial charge >= 0.3 is 0 Å². The van der Waals surface area contributed by atoms with E-state index in [0.717, 1.165) is 19.6 Å². The largest absolute Gasteiger partial charge is 0.382 e. The number of fused-ring (bicyclic) bond motifs is 1. The van der Waals surface area contributed by atoms with Crippen LogP contribution in [0.25, 0.3) is 0 Å². The van der Waals surface area contributed by atoms with Gasteiger partial charge in [0.05, 0.1) is 0 Å². The van der Waals surface area contributed by atoms with Gasteiger partial charge in [-0.15, -0.1) is 0 Å². The molecule has 92 valence electrons. The Morgan fingerprint density at radius 2 is 2.12 bits per heavy atom. The predicted molar refractivity (Wildman–Crippen MR) is 72.9 cm³/mol. The molecule has 2 N–H and O–H groups in total. The van der Waals surface area contributed by atoms with Crippen molar-refractivity contribution in [1.82, 2.24) is 5.32 Å². The van der Waals surface area contributed by atoms with E-state index in [1.807, 2.05) is 0 Å². The molecule has 2 aliphatic rings. The number of rotatable bonds is 2. The maximum Gasteiger partial charge on any atom is 0.0417 e. The first kappa shape index (κ1) is 10.9. The minimum Gasteiger partial charge on any atom is -0.382 e. The molecule has 2 heterocycles. The fraction of sp³-hybridized carbons (Fsp3) is 0.571. The van der Waals surface area contributed by atoms with Gasteiger partial charge in [-0.3, -0.25) is 0 Å². The van der Waals surface area contributed by atoms with Gasteiger partial charge in [0.1, 0.15) is 0 Å². The van der Waals surface area contributed by atoms with Gasteiger partial charge in [0.2, 0.25) is 0 Å². The highest BCUT2D eigenvalue weighted by Crippen LogP contribution is 2.30. The molecule has 0 bridgehead atoms. The molecule has 3 heteroatoms. The molecule has 0 saturated carbocycles. The first-order valence-corrected chi connectivity index (χ1v) is 6.64. The molecule has 0 amide bonds. The summed E-state index contributed by atoms with van der Waals surface area (Å²) in [6.45, 7) is 3.44. The van der Waals surface area contributed by atoms with E-state index in [-0.39, 0.29) is 0 Å². The van der Waals surface area contributed by atoms with Gasteiger partial charge < -0.3 is 15.5 Å². The SMILES string of the molecule is CN1CCc2ccc(NC3CCNCC3)cc21. The highest BCUT2D eigenvalue weighted by Gasteiger charge is 2.17. The molecule has 1 saturated heterocycles. The summed E-state index contributed by atoms with van der Waals surface area (Å²) in [5.41, 5.74) is 4.18. The van der Waals surface area contributed by atoms with Crippen molar-refractivity contribution in [1.29, 1.82) is 0 Å². The van der Waals surface area contributed by atoms with Crippen LogP contribution in [0.3, 0.4) is 0 Å². The van der Waals surface area contributed by atoms with E-state index in [1.165, 1.54) is 36.2 Å². The highest BCUT2D eigenvalue weighted by atomic mass is 15.1. The number of nitrogens with one attached hydrogen (secondary N) is 2. The van der Waals surface area contributed by atoms with E-state index in [2.05, 4.69) is 40.8 Å². The second kappa shape index (κ2) is 4.57.